The predicted molar refractivity (Wildman–Crippen MR) is 86.2 cm³/mol. The van der Waals surface area contributed by atoms with E-state index < -0.39 is 11.8 Å². The van der Waals surface area contributed by atoms with E-state index in [1.165, 1.54) is 14.0 Å². The molecule has 1 aromatic carbocycles. The lowest BCUT2D eigenvalue weighted by Gasteiger charge is -2.10. The Bertz CT molecular complexity index is 741. The lowest BCUT2D eigenvalue weighted by molar-refractivity contribution is 0.261. The molecule has 2 rings (SSSR count). The predicted octanol–water partition coefficient (Wildman–Crippen LogP) is 3.50. The van der Waals surface area contributed by atoms with Gasteiger partial charge in [-0.25, -0.2) is 19.6 Å². The Morgan fingerprint density at radius 3 is 2.65 bits per heavy atom. The van der Waals surface area contributed by atoms with Crippen LogP contribution < -0.4 is 16.1 Å². The molecule has 0 aliphatic heterocycles. The lowest BCUT2D eigenvalue weighted by atomic mass is 10.2. The van der Waals surface area contributed by atoms with Crippen LogP contribution in [-0.4, -0.2) is 23.1 Å². The van der Waals surface area contributed by atoms with E-state index in [2.05, 4.69) is 30.9 Å². The van der Waals surface area contributed by atoms with Gasteiger partial charge in [-0.3, -0.25) is 10.2 Å². The van der Waals surface area contributed by atoms with Crippen LogP contribution in [0.1, 0.15) is 11.3 Å². The molecule has 0 fully saturated rings. The number of carbonyl (C=O) groups is 1. The topological polar surface area (TPSA) is 88.2 Å². The molecule has 3 N–H and O–H groups in total. The fourth-order valence-corrected chi connectivity index (χ4v) is 1.89. The molecule has 0 aliphatic rings. The minimum Gasteiger partial charge on any atom is -0.308 e. The zero-order valence-electron chi connectivity index (χ0n) is 12.7. The number of aromatic nitrogens is 2. The third kappa shape index (κ3) is 4.27. The van der Waals surface area contributed by atoms with Crippen LogP contribution in [0, 0.1) is 19.7 Å². The highest BCUT2D eigenvalue weighted by Gasteiger charge is 2.13. The summed E-state index contributed by atoms with van der Waals surface area (Å²) in [6.45, 7) is 3.30. The lowest BCUT2D eigenvalue weighted by Crippen LogP contribution is -2.22. The molecule has 7 nitrogen and oxygen atoms in total. The first-order chi connectivity index (χ1) is 10.9. The van der Waals surface area contributed by atoms with Crippen molar-refractivity contribution < 1.29 is 14.0 Å². The molecular weight excluding hydrogens is 325 g/mol. The zero-order chi connectivity index (χ0) is 17.0. The summed E-state index contributed by atoms with van der Waals surface area (Å²) < 4.78 is 13.7. The Morgan fingerprint density at radius 2 is 2.00 bits per heavy atom. The minimum absolute atomic E-state index is 0.0632. The van der Waals surface area contributed by atoms with Crippen molar-refractivity contribution in [2.45, 2.75) is 13.8 Å². The van der Waals surface area contributed by atoms with Crippen LogP contribution in [0.5, 0.6) is 0 Å². The Balaban J connectivity index is 2.12. The molecule has 0 spiro atoms. The standard InChI is InChI=1S/C14H15ClFN5O2/c1-7-4-5-9(6-10(7)15)18-14(22)20-13-17-8(2)11(16)12(19-13)21-23-3/h4-6H,1-3H3,(H3,17,18,19,20,21,22). The fourth-order valence-electron chi connectivity index (χ4n) is 1.71. The van der Waals surface area contributed by atoms with Crippen molar-refractivity contribution in [2.75, 3.05) is 23.2 Å². The van der Waals surface area contributed by atoms with Gasteiger partial charge in [-0.15, -0.1) is 0 Å². The summed E-state index contributed by atoms with van der Waals surface area (Å²) in [7, 11) is 1.32. The van der Waals surface area contributed by atoms with Crippen molar-refractivity contribution in [3.63, 3.8) is 0 Å². The second-order valence-corrected chi connectivity index (χ2v) is 5.05. The molecule has 0 saturated heterocycles. The van der Waals surface area contributed by atoms with E-state index >= 15 is 0 Å². The van der Waals surface area contributed by atoms with Gasteiger partial charge in [0.05, 0.1) is 12.8 Å². The molecule has 1 aromatic heterocycles. The molecule has 9 heteroatoms. The average molecular weight is 340 g/mol. The molecule has 2 amide bonds. The van der Waals surface area contributed by atoms with Crippen LogP contribution in [0.3, 0.4) is 0 Å². The molecular formula is C14H15ClFN5O2. The first-order valence-corrected chi connectivity index (χ1v) is 6.95. The van der Waals surface area contributed by atoms with E-state index in [9.17, 15) is 9.18 Å². The van der Waals surface area contributed by atoms with E-state index in [-0.39, 0.29) is 17.5 Å². The molecule has 0 unspecified atom stereocenters. The van der Waals surface area contributed by atoms with Gasteiger partial charge >= 0.3 is 6.03 Å². The molecule has 0 bridgehead atoms. The van der Waals surface area contributed by atoms with Crippen LogP contribution in [-0.2, 0) is 4.84 Å². The van der Waals surface area contributed by atoms with E-state index in [0.29, 0.717) is 10.7 Å². The summed E-state index contributed by atoms with van der Waals surface area (Å²) >= 11 is 5.99. The van der Waals surface area contributed by atoms with Gasteiger partial charge in [0.1, 0.15) is 0 Å². The minimum atomic E-state index is -0.664. The Kier molecular flexibility index (Phi) is 5.30. The number of anilines is 3. The van der Waals surface area contributed by atoms with Gasteiger partial charge in [-0.2, -0.15) is 4.98 Å². The highest BCUT2D eigenvalue weighted by Crippen LogP contribution is 2.20. The van der Waals surface area contributed by atoms with Gasteiger partial charge in [-0.1, -0.05) is 17.7 Å². The number of benzene rings is 1. The molecule has 2 aromatic rings. The van der Waals surface area contributed by atoms with Crippen LogP contribution in [0.25, 0.3) is 0 Å². The van der Waals surface area contributed by atoms with Gasteiger partial charge in [0.25, 0.3) is 0 Å². The summed E-state index contributed by atoms with van der Waals surface area (Å²) in [4.78, 5) is 24.2. The molecule has 0 aliphatic carbocycles. The number of aryl methyl sites for hydroxylation is 2. The van der Waals surface area contributed by atoms with Crippen molar-refractivity contribution >= 4 is 35.1 Å². The highest BCUT2D eigenvalue weighted by molar-refractivity contribution is 6.31. The third-order valence-corrected chi connectivity index (χ3v) is 3.28. The molecule has 0 saturated carbocycles. The average Bonchev–Trinajstić information content (AvgIpc) is 2.48. The summed E-state index contributed by atoms with van der Waals surface area (Å²) in [5, 5.41) is 5.53. The van der Waals surface area contributed by atoms with E-state index in [4.69, 9.17) is 11.6 Å². The molecule has 23 heavy (non-hydrogen) atoms. The van der Waals surface area contributed by atoms with Gasteiger partial charge in [0.2, 0.25) is 5.95 Å². The van der Waals surface area contributed by atoms with Crippen LogP contribution in [0.15, 0.2) is 18.2 Å². The Labute approximate surface area is 137 Å². The maximum Gasteiger partial charge on any atom is 0.326 e. The van der Waals surface area contributed by atoms with Gasteiger partial charge in [-0.05, 0) is 31.5 Å². The number of urea groups is 1. The molecule has 122 valence electrons. The summed E-state index contributed by atoms with van der Waals surface area (Å²) in [5.41, 5.74) is 3.74. The molecule has 1 heterocycles. The number of rotatable bonds is 4. The van der Waals surface area contributed by atoms with Crippen molar-refractivity contribution in [1.82, 2.24) is 9.97 Å². The largest absolute Gasteiger partial charge is 0.326 e. The number of nitrogens with one attached hydrogen (secondary N) is 3. The Hall–Kier alpha value is -2.45. The SMILES string of the molecule is CONc1nc(NC(=O)Nc2ccc(C)c(Cl)c2)nc(C)c1F. The molecule has 0 radical (unpaired) electrons. The maximum absolute atomic E-state index is 13.7. The zero-order valence-corrected chi connectivity index (χ0v) is 13.5. The van der Waals surface area contributed by atoms with Crippen LogP contribution >= 0.6 is 11.6 Å². The smallest absolute Gasteiger partial charge is 0.308 e. The normalized spacial score (nSPS) is 10.3. The second kappa shape index (κ2) is 7.21. The van der Waals surface area contributed by atoms with Crippen molar-refractivity contribution in [1.29, 1.82) is 0 Å². The number of amides is 2. The van der Waals surface area contributed by atoms with E-state index in [1.54, 1.807) is 18.2 Å². The van der Waals surface area contributed by atoms with Crippen LogP contribution in [0.2, 0.25) is 5.02 Å². The maximum atomic E-state index is 13.7. The number of halogens is 2. The number of hydrogen-bond donors (Lipinski definition) is 3. The van der Waals surface area contributed by atoms with Crippen molar-refractivity contribution in [2.24, 2.45) is 0 Å². The van der Waals surface area contributed by atoms with Gasteiger partial charge in [0.15, 0.2) is 11.6 Å². The van der Waals surface area contributed by atoms with Gasteiger partial charge < -0.3 is 5.32 Å². The molecule has 0 atom stereocenters. The monoisotopic (exact) mass is 339 g/mol. The Morgan fingerprint density at radius 1 is 1.26 bits per heavy atom. The number of carbonyl (C=O) groups excluding carboxylic acids is 1. The summed E-state index contributed by atoms with van der Waals surface area (Å²) in [5.74, 6) is -0.907. The van der Waals surface area contributed by atoms with Crippen molar-refractivity contribution in [3.8, 4) is 0 Å². The second-order valence-electron chi connectivity index (χ2n) is 4.64. The quantitative estimate of drug-likeness (QED) is 0.742. The third-order valence-electron chi connectivity index (χ3n) is 2.87. The summed E-state index contributed by atoms with van der Waals surface area (Å²) in [6, 6.07) is 4.51. The van der Waals surface area contributed by atoms with Crippen LogP contribution in [0.4, 0.5) is 26.6 Å². The van der Waals surface area contributed by atoms with Gasteiger partial charge in [0, 0.05) is 10.7 Å². The first kappa shape index (κ1) is 16.9. The number of nitrogens with zero attached hydrogens (tertiary/aromatic N) is 2. The van der Waals surface area contributed by atoms with Crippen molar-refractivity contribution in [3.05, 3.63) is 40.3 Å². The van der Waals surface area contributed by atoms with E-state index in [0.717, 1.165) is 5.56 Å². The first-order valence-electron chi connectivity index (χ1n) is 6.58. The highest BCUT2D eigenvalue weighted by atomic mass is 35.5. The summed E-state index contributed by atoms with van der Waals surface area (Å²) in [6.07, 6.45) is 0. The van der Waals surface area contributed by atoms with E-state index in [1.807, 2.05) is 6.92 Å². The number of hydrogen-bond acceptors (Lipinski definition) is 5. The fraction of sp³-hybridized carbons (Fsp3) is 0.214.